The van der Waals surface area contributed by atoms with Gasteiger partial charge in [-0.05, 0) is 38.5 Å². The molecule has 8 heteroatoms. The smallest absolute Gasteiger partial charge is 0.234 e. The number of imidazole rings is 1. The van der Waals surface area contributed by atoms with Gasteiger partial charge in [0.05, 0.1) is 11.7 Å². The molecule has 0 radical (unpaired) electrons. The van der Waals surface area contributed by atoms with Crippen molar-refractivity contribution in [1.82, 2.24) is 30.0 Å². The van der Waals surface area contributed by atoms with Crippen LogP contribution in [-0.2, 0) is 21.6 Å². The highest BCUT2D eigenvalue weighted by atomic mass is 16.5. The van der Waals surface area contributed by atoms with Gasteiger partial charge in [0.1, 0.15) is 6.61 Å². The maximum Gasteiger partial charge on any atom is 0.234 e. The first kappa shape index (κ1) is 17.2. The lowest BCUT2D eigenvalue weighted by molar-refractivity contribution is -0.135. The maximum absolute atomic E-state index is 13.2. The van der Waals surface area contributed by atoms with Gasteiger partial charge < -0.3 is 14.6 Å². The van der Waals surface area contributed by atoms with Crippen molar-refractivity contribution in [3.05, 3.63) is 29.9 Å². The fraction of sp³-hybridized carbons (Fsp3) is 0.667. The molecule has 2 atom stereocenters. The number of hydrogen-bond donors (Lipinski definition) is 2. The van der Waals surface area contributed by atoms with E-state index in [-0.39, 0.29) is 11.8 Å². The molecule has 1 amide bonds. The lowest BCUT2D eigenvalue weighted by atomic mass is 9.88. The topological polar surface area (TPSA) is 99.8 Å². The average molecular weight is 358 g/mol. The Morgan fingerprint density at radius 3 is 2.85 bits per heavy atom. The molecule has 1 aliphatic carbocycles. The number of aromatic amines is 2. The molecule has 1 saturated carbocycles. The number of carbonyl (C=O) groups excluding carboxylic acids is 1. The fourth-order valence-corrected chi connectivity index (χ4v) is 4.06. The Bertz CT molecular complexity index is 765. The van der Waals surface area contributed by atoms with Crippen molar-refractivity contribution in [2.75, 3.05) is 20.2 Å². The molecule has 0 unspecified atom stereocenters. The predicted octanol–water partition coefficient (Wildman–Crippen LogP) is 1.60. The van der Waals surface area contributed by atoms with Gasteiger partial charge >= 0.3 is 0 Å². The molecule has 0 aromatic carbocycles. The molecular weight excluding hydrogens is 332 g/mol. The lowest BCUT2D eigenvalue weighted by Gasteiger charge is -2.28. The predicted molar refractivity (Wildman–Crippen MR) is 94.2 cm³/mol. The summed E-state index contributed by atoms with van der Waals surface area (Å²) in [7, 11) is 1.64. The van der Waals surface area contributed by atoms with E-state index >= 15 is 0 Å². The molecule has 0 bridgehead atoms. The molecule has 26 heavy (non-hydrogen) atoms. The summed E-state index contributed by atoms with van der Waals surface area (Å²) in [6.45, 7) is 5.77. The van der Waals surface area contributed by atoms with Crippen molar-refractivity contribution in [2.24, 2.45) is 11.8 Å². The van der Waals surface area contributed by atoms with Crippen LogP contribution in [0.15, 0.2) is 12.5 Å². The summed E-state index contributed by atoms with van der Waals surface area (Å²) in [5, 5.41) is 7.37. The van der Waals surface area contributed by atoms with Gasteiger partial charge in [0.15, 0.2) is 11.6 Å². The first-order chi connectivity index (χ1) is 12.5. The van der Waals surface area contributed by atoms with E-state index in [1.54, 1.807) is 19.6 Å². The first-order valence-corrected chi connectivity index (χ1v) is 9.19. The standard InChI is InChI=1S/C18H26N6O2/c1-18(2,14-6-19-10-20-14)17(25)24-7-12(11-4-5-11)13(8-24)16-21-15(9-26-3)22-23-16/h6,10-13H,4-5,7-9H2,1-3H3,(H,19,20)(H,21,22,23)/t12-,13+/m1/s1. The molecule has 140 valence electrons. The van der Waals surface area contributed by atoms with Crippen molar-refractivity contribution in [2.45, 2.75) is 44.6 Å². The van der Waals surface area contributed by atoms with Gasteiger partial charge in [0.25, 0.3) is 0 Å². The number of rotatable bonds is 6. The Balaban J connectivity index is 1.54. The summed E-state index contributed by atoms with van der Waals surface area (Å²) in [5.41, 5.74) is 0.217. The number of likely N-dealkylation sites (tertiary alicyclic amines) is 1. The van der Waals surface area contributed by atoms with Crippen LogP contribution >= 0.6 is 0 Å². The minimum Gasteiger partial charge on any atom is -0.377 e. The number of nitrogens with one attached hydrogen (secondary N) is 2. The van der Waals surface area contributed by atoms with E-state index in [9.17, 15) is 4.79 Å². The van der Waals surface area contributed by atoms with Crippen LogP contribution in [-0.4, -0.2) is 56.2 Å². The zero-order chi connectivity index (χ0) is 18.3. The van der Waals surface area contributed by atoms with E-state index in [2.05, 4.69) is 25.1 Å². The van der Waals surface area contributed by atoms with E-state index in [0.717, 1.165) is 23.9 Å². The number of H-pyrrole nitrogens is 2. The largest absolute Gasteiger partial charge is 0.377 e. The van der Waals surface area contributed by atoms with Crippen LogP contribution in [0.1, 0.15) is 49.9 Å². The second-order valence-electron chi connectivity index (χ2n) is 7.98. The SMILES string of the molecule is COCc1nc([C@H]2CN(C(=O)C(C)(C)c3cnc[nH]3)C[C@@H]2C2CC2)n[nH]1. The second kappa shape index (κ2) is 6.50. The summed E-state index contributed by atoms with van der Waals surface area (Å²) in [4.78, 5) is 27.0. The Morgan fingerprint density at radius 2 is 2.19 bits per heavy atom. The number of methoxy groups -OCH3 is 1. The Kier molecular flexibility index (Phi) is 4.30. The highest BCUT2D eigenvalue weighted by Gasteiger charge is 2.48. The average Bonchev–Trinajstić information content (AvgIpc) is 3.07. The zero-order valence-electron chi connectivity index (χ0n) is 15.5. The van der Waals surface area contributed by atoms with E-state index in [1.807, 2.05) is 18.7 Å². The highest BCUT2D eigenvalue weighted by molar-refractivity contribution is 5.87. The lowest BCUT2D eigenvalue weighted by Crippen LogP contribution is -2.42. The van der Waals surface area contributed by atoms with Crippen LogP contribution in [0.4, 0.5) is 0 Å². The quantitative estimate of drug-likeness (QED) is 0.817. The molecular formula is C18H26N6O2. The normalized spacial score (nSPS) is 23.6. The Hall–Kier alpha value is -2.22. The zero-order valence-corrected chi connectivity index (χ0v) is 15.5. The van der Waals surface area contributed by atoms with Gasteiger partial charge in [-0.3, -0.25) is 9.89 Å². The van der Waals surface area contributed by atoms with Crippen molar-refractivity contribution in [3.63, 3.8) is 0 Å². The molecule has 1 aliphatic heterocycles. The van der Waals surface area contributed by atoms with Gasteiger partial charge in [0, 0.05) is 38.0 Å². The van der Waals surface area contributed by atoms with Crippen LogP contribution in [0.3, 0.4) is 0 Å². The van der Waals surface area contributed by atoms with E-state index in [4.69, 9.17) is 4.74 Å². The van der Waals surface area contributed by atoms with Crippen molar-refractivity contribution >= 4 is 5.91 Å². The van der Waals surface area contributed by atoms with Gasteiger partial charge in [-0.1, -0.05) is 0 Å². The van der Waals surface area contributed by atoms with Crippen molar-refractivity contribution < 1.29 is 9.53 Å². The minimum atomic E-state index is -0.625. The van der Waals surface area contributed by atoms with E-state index < -0.39 is 5.41 Å². The summed E-state index contributed by atoms with van der Waals surface area (Å²) in [6.07, 6.45) is 5.83. The Morgan fingerprint density at radius 1 is 1.38 bits per heavy atom. The van der Waals surface area contributed by atoms with Gasteiger partial charge in [-0.15, -0.1) is 0 Å². The monoisotopic (exact) mass is 358 g/mol. The Labute approximate surface area is 152 Å². The van der Waals surface area contributed by atoms with Gasteiger partial charge in [-0.25, -0.2) is 9.97 Å². The molecule has 8 nitrogen and oxygen atoms in total. The fourth-order valence-electron chi connectivity index (χ4n) is 4.06. The second-order valence-corrected chi connectivity index (χ2v) is 7.98. The molecule has 4 rings (SSSR count). The van der Waals surface area contributed by atoms with E-state index in [1.165, 1.54) is 12.8 Å². The number of amides is 1. The number of carbonyl (C=O) groups is 1. The number of nitrogens with zero attached hydrogens (tertiary/aromatic N) is 4. The van der Waals surface area contributed by atoms with Gasteiger partial charge in [-0.2, -0.15) is 5.10 Å². The van der Waals surface area contributed by atoms with Crippen LogP contribution in [0.25, 0.3) is 0 Å². The number of hydrogen-bond acceptors (Lipinski definition) is 5. The highest BCUT2D eigenvalue weighted by Crippen LogP contribution is 2.47. The van der Waals surface area contributed by atoms with E-state index in [0.29, 0.717) is 25.0 Å². The molecule has 2 fully saturated rings. The summed E-state index contributed by atoms with van der Waals surface area (Å²) >= 11 is 0. The van der Waals surface area contributed by atoms with Crippen LogP contribution < -0.4 is 0 Å². The number of ether oxygens (including phenoxy) is 1. The minimum absolute atomic E-state index is 0.127. The maximum atomic E-state index is 13.2. The summed E-state index contributed by atoms with van der Waals surface area (Å²) in [6, 6.07) is 0. The van der Waals surface area contributed by atoms with Gasteiger partial charge in [0.2, 0.25) is 5.91 Å². The third kappa shape index (κ3) is 3.02. The third-order valence-electron chi connectivity index (χ3n) is 5.75. The molecule has 2 aromatic heterocycles. The van der Waals surface area contributed by atoms with Crippen LogP contribution in [0, 0.1) is 11.8 Å². The van der Waals surface area contributed by atoms with Crippen molar-refractivity contribution in [3.8, 4) is 0 Å². The first-order valence-electron chi connectivity index (χ1n) is 9.19. The molecule has 3 heterocycles. The van der Waals surface area contributed by atoms with Crippen molar-refractivity contribution in [1.29, 1.82) is 0 Å². The summed E-state index contributed by atoms with van der Waals surface area (Å²) < 4.78 is 5.13. The number of aromatic nitrogens is 5. The molecule has 1 saturated heterocycles. The van der Waals surface area contributed by atoms with Crippen LogP contribution in [0.2, 0.25) is 0 Å². The van der Waals surface area contributed by atoms with Crippen LogP contribution in [0.5, 0.6) is 0 Å². The molecule has 2 aliphatic rings. The third-order valence-corrected chi connectivity index (χ3v) is 5.75. The summed E-state index contributed by atoms with van der Waals surface area (Å²) in [5.74, 6) is 2.97. The molecule has 0 spiro atoms. The molecule has 2 aromatic rings. The molecule has 2 N–H and O–H groups in total.